The van der Waals surface area contributed by atoms with Crippen LogP contribution < -0.4 is 4.74 Å². The van der Waals surface area contributed by atoms with E-state index in [9.17, 15) is 13.2 Å². The summed E-state index contributed by atoms with van der Waals surface area (Å²) in [6, 6.07) is 4.79. The first-order chi connectivity index (χ1) is 17.4. The largest absolute Gasteiger partial charge is 0.432 e. The van der Waals surface area contributed by atoms with Gasteiger partial charge in [0, 0.05) is 11.8 Å². The van der Waals surface area contributed by atoms with Crippen molar-refractivity contribution in [1.29, 1.82) is 0 Å². The maximum atomic E-state index is 14.6. The van der Waals surface area contributed by atoms with E-state index in [4.69, 9.17) is 14.2 Å². The number of hydrogen-bond donors (Lipinski definition) is 0. The molecule has 0 atom stereocenters. The summed E-state index contributed by atoms with van der Waals surface area (Å²) in [5.41, 5.74) is 0. The highest BCUT2D eigenvalue weighted by molar-refractivity contribution is 5.22. The molecule has 4 rings (SSSR count). The Bertz CT molecular complexity index is 830. The van der Waals surface area contributed by atoms with E-state index in [0.717, 1.165) is 69.8 Å². The molecule has 0 spiro atoms. The van der Waals surface area contributed by atoms with Crippen LogP contribution in [0.2, 0.25) is 0 Å². The third-order valence-electron chi connectivity index (χ3n) is 8.19. The zero-order valence-electron chi connectivity index (χ0n) is 21.4. The quantitative estimate of drug-likeness (QED) is 0.315. The second-order valence-corrected chi connectivity index (χ2v) is 10.9. The lowest BCUT2D eigenvalue weighted by Crippen LogP contribution is -2.38. The first-order valence-corrected chi connectivity index (χ1v) is 13.8. The van der Waals surface area contributed by atoms with Crippen molar-refractivity contribution < 1.29 is 27.4 Å². The number of rotatable bonds is 9. The maximum absolute atomic E-state index is 14.6. The van der Waals surface area contributed by atoms with Crippen LogP contribution in [0.3, 0.4) is 0 Å². The van der Waals surface area contributed by atoms with Gasteiger partial charge in [-0.2, -0.15) is 8.78 Å². The standard InChI is InChI=1S/C30H41F3O3/c1-2-5-24-20-34-29(35-21-24)25-12-8-22(9-13-25)6-3-4-7-23-10-14-26(15-11-23)30(32,33)36-28-18-16-27(31)17-19-28/h2-5,16-19,22-26,29H,6-15,20-21H2,1H3/b4-3-,5-2+. The Morgan fingerprint density at radius 1 is 0.861 bits per heavy atom. The normalized spacial score (nSPS) is 32.2. The van der Waals surface area contributed by atoms with E-state index in [1.807, 2.05) is 6.92 Å². The zero-order valence-corrected chi connectivity index (χ0v) is 21.4. The lowest BCUT2D eigenvalue weighted by Gasteiger charge is -2.37. The molecule has 3 fully saturated rings. The highest BCUT2D eigenvalue weighted by atomic mass is 19.3. The van der Waals surface area contributed by atoms with Crippen LogP contribution in [-0.4, -0.2) is 25.6 Å². The minimum absolute atomic E-state index is 0.0114. The molecular formula is C30H41F3O3. The summed E-state index contributed by atoms with van der Waals surface area (Å²) in [6.45, 7) is 3.56. The summed E-state index contributed by atoms with van der Waals surface area (Å²) in [6.07, 6.45) is 14.8. The molecule has 200 valence electrons. The number of ether oxygens (including phenoxy) is 3. The van der Waals surface area contributed by atoms with Gasteiger partial charge in [-0.3, -0.25) is 0 Å². The molecular weight excluding hydrogens is 465 g/mol. The van der Waals surface area contributed by atoms with Crippen molar-refractivity contribution in [2.45, 2.75) is 83.5 Å². The third-order valence-corrected chi connectivity index (χ3v) is 8.19. The van der Waals surface area contributed by atoms with Crippen molar-refractivity contribution in [3.05, 3.63) is 54.4 Å². The molecule has 1 aromatic rings. The summed E-state index contributed by atoms with van der Waals surface area (Å²) in [5, 5.41) is 0. The van der Waals surface area contributed by atoms with Crippen LogP contribution in [0.1, 0.15) is 71.1 Å². The molecule has 0 unspecified atom stereocenters. The smallest absolute Gasteiger partial charge is 0.400 e. The van der Waals surface area contributed by atoms with Crippen molar-refractivity contribution in [1.82, 2.24) is 0 Å². The van der Waals surface area contributed by atoms with E-state index in [1.165, 1.54) is 25.0 Å². The molecule has 3 nitrogen and oxygen atoms in total. The third kappa shape index (κ3) is 7.85. The first-order valence-electron chi connectivity index (χ1n) is 13.8. The van der Waals surface area contributed by atoms with Crippen molar-refractivity contribution in [2.75, 3.05) is 13.2 Å². The SMILES string of the molecule is C/C=C/C1COC(C2CCC(C/C=C\CC3CCC(C(F)(F)Oc4ccc(F)cc4)CC3)CC2)OC1. The summed E-state index contributed by atoms with van der Waals surface area (Å²) in [7, 11) is 0. The van der Waals surface area contributed by atoms with Gasteiger partial charge in [0.2, 0.25) is 0 Å². The van der Waals surface area contributed by atoms with Gasteiger partial charge in [-0.05, 0) is 107 Å². The van der Waals surface area contributed by atoms with Crippen LogP contribution in [0.25, 0.3) is 0 Å². The van der Waals surface area contributed by atoms with Gasteiger partial charge in [0.1, 0.15) is 11.6 Å². The fourth-order valence-electron chi connectivity index (χ4n) is 5.94. The fraction of sp³-hybridized carbons (Fsp3) is 0.667. The molecule has 6 heteroatoms. The molecule has 0 amide bonds. The molecule has 0 radical (unpaired) electrons. The maximum Gasteiger partial charge on any atom is 0.400 e. The molecule has 3 aliphatic rings. The van der Waals surface area contributed by atoms with Gasteiger partial charge < -0.3 is 14.2 Å². The van der Waals surface area contributed by atoms with Crippen molar-refractivity contribution >= 4 is 0 Å². The van der Waals surface area contributed by atoms with Gasteiger partial charge >= 0.3 is 6.11 Å². The molecule has 1 aromatic carbocycles. The average Bonchev–Trinajstić information content (AvgIpc) is 2.89. The van der Waals surface area contributed by atoms with E-state index in [0.29, 0.717) is 30.6 Å². The second-order valence-electron chi connectivity index (χ2n) is 10.9. The predicted molar refractivity (Wildman–Crippen MR) is 135 cm³/mol. The summed E-state index contributed by atoms with van der Waals surface area (Å²) in [5.74, 6) is 0.832. The Morgan fingerprint density at radius 3 is 1.97 bits per heavy atom. The minimum Gasteiger partial charge on any atom is -0.432 e. The molecule has 2 aliphatic carbocycles. The lowest BCUT2D eigenvalue weighted by atomic mass is 9.79. The molecule has 1 heterocycles. The predicted octanol–water partition coefficient (Wildman–Crippen LogP) is 8.31. The highest BCUT2D eigenvalue weighted by Crippen LogP contribution is 2.41. The number of halogens is 3. The van der Waals surface area contributed by atoms with Gasteiger partial charge in [0.25, 0.3) is 0 Å². The van der Waals surface area contributed by atoms with Crippen LogP contribution in [0.15, 0.2) is 48.6 Å². The second kappa shape index (κ2) is 13.1. The van der Waals surface area contributed by atoms with Crippen LogP contribution in [0.4, 0.5) is 13.2 Å². The summed E-state index contributed by atoms with van der Waals surface area (Å²) >= 11 is 0. The Morgan fingerprint density at radius 2 is 1.42 bits per heavy atom. The fourth-order valence-corrected chi connectivity index (χ4v) is 5.94. The van der Waals surface area contributed by atoms with Crippen LogP contribution in [0.5, 0.6) is 5.75 Å². The van der Waals surface area contributed by atoms with Gasteiger partial charge in [-0.25, -0.2) is 4.39 Å². The van der Waals surface area contributed by atoms with Crippen LogP contribution >= 0.6 is 0 Å². The topological polar surface area (TPSA) is 27.7 Å². The molecule has 0 bridgehead atoms. The van der Waals surface area contributed by atoms with E-state index < -0.39 is 17.8 Å². The van der Waals surface area contributed by atoms with Crippen molar-refractivity contribution in [3.8, 4) is 5.75 Å². The first kappa shape index (κ1) is 27.3. The van der Waals surface area contributed by atoms with Gasteiger partial charge in [-0.1, -0.05) is 24.3 Å². The molecule has 2 saturated carbocycles. The van der Waals surface area contributed by atoms with E-state index in [1.54, 1.807) is 0 Å². The monoisotopic (exact) mass is 506 g/mol. The molecule has 36 heavy (non-hydrogen) atoms. The van der Waals surface area contributed by atoms with Crippen molar-refractivity contribution in [3.63, 3.8) is 0 Å². The van der Waals surface area contributed by atoms with E-state index >= 15 is 0 Å². The molecule has 1 saturated heterocycles. The number of hydrogen-bond acceptors (Lipinski definition) is 3. The number of allylic oxidation sites excluding steroid dienone is 3. The summed E-state index contributed by atoms with van der Waals surface area (Å²) < 4.78 is 59.1. The number of benzene rings is 1. The van der Waals surface area contributed by atoms with E-state index in [2.05, 4.69) is 24.3 Å². The Labute approximate surface area is 214 Å². The molecule has 0 aromatic heterocycles. The lowest BCUT2D eigenvalue weighted by molar-refractivity contribution is -0.223. The van der Waals surface area contributed by atoms with Gasteiger partial charge in [0.05, 0.1) is 19.1 Å². The van der Waals surface area contributed by atoms with Crippen LogP contribution in [0, 0.1) is 35.4 Å². The Hall–Kier alpha value is -1.79. The van der Waals surface area contributed by atoms with Crippen LogP contribution in [-0.2, 0) is 9.47 Å². The van der Waals surface area contributed by atoms with Crippen molar-refractivity contribution in [2.24, 2.45) is 29.6 Å². The average molecular weight is 507 g/mol. The summed E-state index contributed by atoms with van der Waals surface area (Å²) in [4.78, 5) is 0. The minimum atomic E-state index is -3.22. The molecule has 0 N–H and O–H groups in total. The Balaban J connectivity index is 1.10. The number of alkyl halides is 2. The van der Waals surface area contributed by atoms with E-state index in [-0.39, 0.29) is 12.0 Å². The van der Waals surface area contributed by atoms with Gasteiger partial charge in [0.15, 0.2) is 6.29 Å². The highest BCUT2D eigenvalue weighted by Gasteiger charge is 2.43. The molecule has 1 aliphatic heterocycles. The zero-order chi connectivity index (χ0) is 25.4. The van der Waals surface area contributed by atoms with Gasteiger partial charge in [-0.15, -0.1) is 0 Å². The Kier molecular flexibility index (Phi) is 9.95.